The van der Waals surface area contributed by atoms with Gasteiger partial charge >= 0.3 is 0 Å². The molecule has 0 bridgehead atoms. The molecule has 0 aromatic heterocycles. The first-order valence-electron chi connectivity index (χ1n) is 9.38. The summed E-state index contributed by atoms with van der Waals surface area (Å²) in [5.41, 5.74) is 9.98. The van der Waals surface area contributed by atoms with Crippen molar-refractivity contribution in [2.45, 2.75) is 0 Å². The predicted octanol–water partition coefficient (Wildman–Crippen LogP) is 4.47. The van der Waals surface area contributed by atoms with Crippen molar-refractivity contribution in [3.63, 3.8) is 0 Å². The fraction of sp³-hybridized carbons (Fsp3) is 0. The number of fused-ring (bicyclic) bond motifs is 2. The van der Waals surface area contributed by atoms with Gasteiger partial charge in [0.1, 0.15) is 0 Å². The van der Waals surface area contributed by atoms with Crippen LogP contribution < -0.4 is 0 Å². The Morgan fingerprint density at radius 1 is 0.600 bits per heavy atom. The van der Waals surface area contributed by atoms with Crippen molar-refractivity contribution in [1.82, 2.24) is 0 Å². The largest absolute Gasteiger partial charge is 0.289 e. The summed E-state index contributed by atoms with van der Waals surface area (Å²) in [6.07, 6.45) is 11.0. The van der Waals surface area contributed by atoms with Gasteiger partial charge in [0.05, 0.1) is 11.1 Å². The lowest BCUT2D eigenvalue weighted by molar-refractivity contribution is 0.0978. The molecule has 0 heterocycles. The molecule has 2 heteroatoms. The summed E-state index contributed by atoms with van der Waals surface area (Å²) in [6.45, 7) is 0. The highest BCUT2D eigenvalue weighted by molar-refractivity contribution is 6.29. The molecule has 0 unspecified atom stereocenters. The minimum absolute atomic E-state index is 0.188. The number of hydrogen-bond donors (Lipinski definition) is 0. The maximum Gasteiger partial charge on any atom is 0.197 e. The van der Waals surface area contributed by atoms with Crippen molar-refractivity contribution in [3.05, 3.63) is 129 Å². The van der Waals surface area contributed by atoms with E-state index in [1.807, 2.05) is 24.3 Å². The Kier molecular flexibility index (Phi) is 4.15. The van der Waals surface area contributed by atoms with Gasteiger partial charge in [-0.25, -0.2) is 0 Å². The SMILES string of the molecule is O=C1c2cccc(C#CC3=C=CC=C3)c2C(=O)c2c(C#CC3=C=CC=C3)cccc21. The second kappa shape index (κ2) is 7.10. The molecule has 5 rings (SSSR count). The third-order valence-electron chi connectivity index (χ3n) is 4.93. The molecule has 0 spiro atoms. The van der Waals surface area contributed by atoms with Crippen LogP contribution in [0, 0.1) is 23.7 Å². The van der Waals surface area contributed by atoms with Crippen molar-refractivity contribution >= 4 is 11.6 Å². The van der Waals surface area contributed by atoms with Crippen molar-refractivity contribution in [2.75, 3.05) is 0 Å². The maximum atomic E-state index is 13.5. The minimum atomic E-state index is -0.229. The highest BCUT2D eigenvalue weighted by atomic mass is 16.1. The number of rotatable bonds is 0. The summed E-state index contributed by atoms with van der Waals surface area (Å²) >= 11 is 0. The Morgan fingerprint density at radius 3 is 1.53 bits per heavy atom. The molecule has 0 N–H and O–H groups in total. The number of ketones is 2. The monoisotopic (exact) mass is 380 g/mol. The molecule has 0 atom stereocenters. The van der Waals surface area contributed by atoms with E-state index >= 15 is 0 Å². The molecule has 3 aliphatic rings. The average Bonchev–Trinajstić information content (AvgIpc) is 3.48. The van der Waals surface area contributed by atoms with Crippen LogP contribution in [0.5, 0.6) is 0 Å². The molecule has 0 saturated heterocycles. The van der Waals surface area contributed by atoms with E-state index in [0.717, 1.165) is 11.1 Å². The van der Waals surface area contributed by atoms with E-state index in [2.05, 4.69) is 35.1 Å². The van der Waals surface area contributed by atoms with Gasteiger partial charge in [-0.05, 0) is 36.4 Å². The van der Waals surface area contributed by atoms with Crippen LogP contribution in [0.3, 0.4) is 0 Å². The summed E-state index contributed by atoms with van der Waals surface area (Å²) in [7, 11) is 0. The van der Waals surface area contributed by atoms with Gasteiger partial charge in [-0.15, -0.1) is 11.5 Å². The van der Waals surface area contributed by atoms with Gasteiger partial charge in [0, 0.05) is 33.4 Å². The Labute approximate surface area is 173 Å². The van der Waals surface area contributed by atoms with Gasteiger partial charge in [0.2, 0.25) is 0 Å². The van der Waals surface area contributed by atoms with E-state index < -0.39 is 0 Å². The van der Waals surface area contributed by atoms with E-state index in [0.29, 0.717) is 33.4 Å². The number of carbonyl (C=O) groups excluding carboxylic acids is 2. The van der Waals surface area contributed by atoms with Crippen molar-refractivity contribution < 1.29 is 9.59 Å². The first kappa shape index (κ1) is 17.5. The lowest BCUT2D eigenvalue weighted by Crippen LogP contribution is -2.23. The van der Waals surface area contributed by atoms with Crippen LogP contribution in [-0.2, 0) is 0 Å². The molecule has 2 aromatic rings. The summed E-state index contributed by atoms with van der Waals surface area (Å²) in [5.74, 6) is 11.7. The standard InChI is InChI=1S/C28H12O2/c29-27-23-13-5-11-21(17-15-19-7-1-2-8-19)25(23)28(30)26-22(12-6-14-24(26)27)18-16-20-9-3-4-10-20/h1-7,9,11-14H. The molecule has 136 valence electrons. The van der Waals surface area contributed by atoms with Crippen LogP contribution in [0.1, 0.15) is 43.0 Å². The third kappa shape index (κ3) is 2.93. The van der Waals surface area contributed by atoms with Crippen LogP contribution in [-0.4, -0.2) is 11.6 Å². The fourth-order valence-electron chi connectivity index (χ4n) is 3.54. The molecule has 2 nitrogen and oxygen atoms in total. The van der Waals surface area contributed by atoms with Gasteiger partial charge in [-0.3, -0.25) is 9.59 Å². The van der Waals surface area contributed by atoms with Crippen LogP contribution in [0.2, 0.25) is 0 Å². The maximum absolute atomic E-state index is 13.5. The Morgan fingerprint density at radius 2 is 1.10 bits per heavy atom. The lowest BCUT2D eigenvalue weighted by Gasteiger charge is -2.19. The number of hydrogen-bond acceptors (Lipinski definition) is 2. The second-order valence-electron chi connectivity index (χ2n) is 6.78. The van der Waals surface area contributed by atoms with Crippen molar-refractivity contribution in [3.8, 4) is 23.7 Å². The zero-order chi connectivity index (χ0) is 20.5. The Bertz CT molecular complexity index is 1370. The Balaban J connectivity index is 1.66. The van der Waals surface area contributed by atoms with Crippen LogP contribution >= 0.6 is 0 Å². The van der Waals surface area contributed by atoms with Crippen LogP contribution in [0.15, 0.2) is 95.5 Å². The molecule has 2 aromatic carbocycles. The zero-order valence-electron chi connectivity index (χ0n) is 15.7. The summed E-state index contributed by atoms with van der Waals surface area (Å²) in [4.78, 5) is 26.7. The van der Waals surface area contributed by atoms with Crippen molar-refractivity contribution in [1.29, 1.82) is 0 Å². The van der Waals surface area contributed by atoms with E-state index in [1.165, 1.54) is 0 Å². The molecular formula is C28H12O2. The molecule has 3 aliphatic carbocycles. The normalized spacial score (nSPS) is 14.4. The number of carbonyl (C=O) groups is 2. The van der Waals surface area contributed by atoms with E-state index in [9.17, 15) is 9.59 Å². The predicted molar refractivity (Wildman–Crippen MR) is 115 cm³/mol. The van der Waals surface area contributed by atoms with Crippen LogP contribution in [0.25, 0.3) is 0 Å². The summed E-state index contributed by atoms with van der Waals surface area (Å²) in [5, 5.41) is 0. The van der Waals surface area contributed by atoms with E-state index in [1.54, 1.807) is 48.6 Å². The van der Waals surface area contributed by atoms with Gasteiger partial charge < -0.3 is 0 Å². The Hall–Kier alpha value is -4.58. The van der Waals surface area contributed by atoms with Crippen LogP contribution in [0.4, 0.5) is 0 Å². The first-order valence-corrected chi connectivity index (χ1v) is 9.38. The smallest absolute Gasteiger partial charge is 0.197 e. The van der Waals surface area contributed by atoms with Gasteiger partial charge in [-0.1, -0.05) is 60.1 Å². The lowest BCUT2D eigenvalue weighted by atomic mass is 9.80. The highest BCUT2D eigenvalue weighted by Gasteiger charge is 2.32. The minimum Gasteiger partial charge on any atom is -0.289 e. The summed E-state index contributed by atoms with van der Waals surface area (Å²) in [6, 6.07) is 10.4. The second-order valence-corrected chi connectivity index (χ2v) is 6.78. The molecule has 0 fully saturated rings. The quantitative estimate of drug-likeness (QED) is 0.426. The molecule has 0 amide bonds. The number of benzene rings is 2. The highest BCUT2D eigenvalue weighted by Crippen LogP contribution is 2.31. The first-order chi connectivity index (χ1) is 14.7. The third-order valence-corrected chi connectivity index (χ3v) is 4.93. The molecule has 30 heavy (non-hydrogen) atoms. The fourth-order valence-corrected chi connectivity index (χ4v) is 3.54. The molecule has 0 radical (unpaired) electrons. The average molecular weight is 380 g/mol. The zero-order valence-corrected chi connectivity index (χ0v) is 15.7. The molecule has 0 aliphatic heterocycles. The molecular weight excluding hydrogens is 368 g/mol. The van der Waals surface area contributed by atoms with E-state index in [4.69, 9.17) is 0 Å². The van der Waals surface area contributed by atoms with Gasteiger partial charge in [0.25, 0.3) is 0 Å². The number of allylic oxidation sites excluding steroid dienone is 6. The topological polar surface area (TPSA) is 34.1 Å². The molecule has 0 saturated carbocycles. The summed E-state index contributed by atoms with van der Waals surface area (Å²) < 4.78 is 0. The van der Waals surface area contributed by atoms with Gasteiger partial charge in [-0.2, -0.15) is 0 Å². The van der Waals surface area contributed by atoms with Gasteiger partial charge in [0.15, 0.2) is 11.6 Å². The van der Waals surface area contributed by atoms with Crippen molar-refractivity contribution in [2.24, 2.45) is 0 Å². The van der Waals surface area contributed by atoms with E-state index in [-0.39, 0.29) is 11.6 Å².